The Labute approximate surface area is 104 Å². The maximum atomic E-state index is 12.5. The van der Waals surface area contributed by atoms with Crippen LogP contribution in [0.4, 0.5) is 19.1 Å². The Morgan fingerprint density at radius 3 is 2.74 bits per heavy atom. The van der Waals surface area contributed by atoms with Gasteiger partial charge in [-0.3, -0.25) is 15.1 Å². The molecule has 100 valence electrons. The summed E-state index contributed by atoms with van der Waals surface area (Å²) in [5, 5.41) is 5.64. The number of anilines is 1. The van der Waals surface area contributed by atoms with Crippen LogP contribution < -0.4 is 5.32 Å². The Bertz CT molecular complexity index is 609. The number of alkyl halides is 3. The summed E-state index contributed by atoms with van der Waals surface area (Å²) in [6.45, 7) is 1.24. The lowest BCUT2D eigenvalue weighted by atomic mass is 10.2. The van der Waals surface area contributed by atoms with Crippen molar-refractivity contribution in [2.75, 3.05) is 5.32 Å². The van der Waals surface area contributed by atoms with E-state index in [1.165, 1.54) is 6.92 Å². The highest BCUT2D eigenvalue weighted by atomic mass is 19.4. The van der Waals surface area contributed by atoms with E-state index < -0.39 is 17.6 Å². The average molecular weight is 272 g/mol. The van der Waals surface area contributed by atoms with Crippen molar-refractivity contribution in [3.8, 4) is 11.5 Å². The van der Waals surface area contributed by atoms with Gasteiger partial charge < -0.3 is 4.52 Å². The predicted octanol–water partition coefficient (Wildman–Crippen LogP) is 2.11. The fraction of sp³-hybridized carbons (Fsp3) is 0.200. The van der Waals surface area contributed by atoms with Crippen LogP contribution in [0, 0.1) is 0 Å². The summed E-state index contributed by atoms with van der Waals surface area (Å²) in [5.41, 5.74) is -0.914. The molecular weight excluding hydrogens is 265 g/mol. The van der Waals surface area contributed by atoms with E-state index in [0.29, 0.717) is 6.20 Å². The van der Waals surface area contributed by atoms with Gasteiger partial charge in [-0.1, -0.05) is 0 Å². The molecule has 0 atom stereocenters. The van der Waals surface area contributed by atoms with E-state index in [2.05, 4.69) is 20.4 Å². The molecule has 19 heavy (non-hydrogen) atoms. The van der Waals surface area contributed by atoms with Crippen LogP contribution in [0.25, 0.3) is 11.5 Å². The van der Waals surface area contributed by atoms with Crippen LogP contribution in [0.2, 0.25) is 0 Å². The number of amides is 1. The van der Waals surface area contributed by atoms with Gasteiger partial charge >= 0.3 is 6.18 Å². The monoisotopic (exact) mass is 272 g/mol. The van der Waals surface area contributed by atoms with Crippen molar-refractivity contribution in [3.05, 3.63) is 24.0 Å². The summed E-state index contributed by atoms with van der Waals surface area (Å²) < 4.78 is 42.2. The Balaban J connectivity index is 2.32. The van der Waals surface area contributed by atoms with E-state index in [1.54, 1.807) is 0 Å². The van der Waals surface area contributed by atoms with Gasteiger partial charge in [0.1, 0.15) is 0 Å². The number of nitrogens with one attached hydrogen (secondary N) is 1. The third-order valence-electron chi connectivity index (χ3n) is 2.03. The first kappa shape index (κ1) is 13.0. The van der Waals surface area contributed by atoms with Crippen LogP contribution in [-0.2, 0) is 11.0 Å². The summed E-state index contributed by atoms with van der Waals surface area (Å²) >= 11 is 0. The number of carbonyl (C=O) groups is 1. The zero-order chi connectivity index (χ0) is 14.0. The quantitative estimate of drug-likeness (QED) is 0.905. The number of carbonyl (C=O) groups excluding carboxylic acids is 1. The van der Waals surface area contributed by atoms with Crippen molar-refractivity contribution < 1.29 is 22.5 Å². The van der Waals surface area contributed by atoms with E-state index >= 15 is 0 Å². The zero-order valence-electron chi connectivity index (χ0n) is 9.52. The van der Waals surface area contributed by atoms with Crippen molar-refractivity contribution in [2.45, 2.75) is 13.1 Å². The highest BCUT2D eigenvalue weighted by Gasteiger charge is 2.31. The minimum Gasteiger partial charge on any atom is -0.332 e. The first-order valence-corrected chi connectivity index (χ1v) is 5.00. The van der Waals surface area contributed by atoms with Crippen molar-refractivity contribution in [2.24, 2.45) is 0 Å². The van der Waals surface area contributed by atoms with E-state index in [-0.39, 0.29) is 17.4 Å². The zero-order valence-corrected chi connectivity index (χ0v) is 9.52. The largest absolute Gasteiger partial charge is 0.417 e. The molecule has 1 N–H and O–H groups in total. The molecule has 0 spiro atoms. The molecule has 9 heteroatoms. The van der Waals surface area contributed by atoms with Crippen LogP contribution in [-0.4, -0.2) is 21.0 Å². The predicted molar refractivity (Wildman–Crippen MR) is 56.8 cm³/mol. The lowest BCUT2D eigenvalue weighted by molar-refractivity contribution is -0.137. The lowest BCUT2D eigenvalue weighted by Crippen LogP contribution is -2.07. The number of aromatic nitrogens is 3. The van der Waals surface area contributed by atoms with Crippen LogP contribution in [0.15, 0.2) is 23.0 Å². The lowest BCUT2D eigenvalue weighted by Gasteiger charge is -2.05. The Morgan fingerprint density at radius 2 is 2.11 bits per heavy atom. The number of nitrogens with zero attached hydrogens (tertiary/aromatic N) is 3. The number of halogens is 3. The number of pyridine rings is 1. The molecule has 0 aliphatic rings. The number of rotatable bonds is 2. The average Bonchev–Trinajstić information content (AvgIpc) is 2.76. The number of hydrogen-bond acceptors (Lipinski definition) is 5. The third kappa shape index (κ3) is 3.06. The molecular formula is C10H7F3N4O2. The van der Waals surface area contributed by atoms with E-state index in [0.717, 1.165) is 12.3 Å². The fourth-order valence-corrected chi connectivity index (χ4v) is 1.26. The molecule has 2 rings (SSSR count). The minimum atomic E-state index is -4.51. The topological polar surface area (TPSA) is 80.9 Å². The molecule has 2 aromatic heterocycles. The van der Waals surface area contributed by atoms with Crippen molar-refractivity contribution in [1.29, 1.82) is 0 Å². The van der Waals surface area contributed by atoms with Gasteiger partial charge in [0.2, 0.25) is 5.91 Å². The Morgan fingerprint density at radius 1 is 1.37 bits per heavy atom. The van der Waals surface area contributed by atoms with Gasteiger partial charge in [-0.05, 0) is 11.2 Å². The first-order valence-electron chi connectivity index (χ1n) is 5.00. The maximum absolute atomic E-state index is 12.5. The summed E-state index contributed by atoms with van der Waals surface area (Å²) in [6.07, 6.45) is -2.67. The van der Waals surface area contributed by atoms with E-state index in [1.807, 2.05) is 0 Å². The molecule has 6 nitrogen and oxygen atoms in total. The van der Waals surface area contributed by atoms with Crippen molar-refractivity contribution >= 4 is 11.9 Å². The highest BCUT2D eigenvalue weighted by Crippen LogP contribution is 2.31. The molecule has 0 bridgehead atoms. The molecule has 2 aromatic rings. The molecule has 0 saturated carbocycles. The highest BCUT2D eigenvalue weighted by molar-refractivity contribution is 5.86. The first-order chi connectivity index (χ1) is 8.86. The van der Waals surface area contributed by atoms with Gasteiger partial charge in [-0.25, -0.2) is 0 Å². The van der Waals surface area contributed by atoms with Gasteiger partial charge in [0, 0.05) is 19.3 Å². The summed E-state index contributed by atoms with van der Waals surface area (Å²) in [5.74, 6) is -0.711. The smallest absolute Gasteiger partial charge is 0.332 e. The third-order valence-corrected chi connectivity index (χ3v) is 2.03. The van der Waals surface area contributed by atoms with Crippen molar-refractivity contribution in [1.82, 2.24) is 15.1 Å². The van der Waals surface area contributed by atoms with E-state index in [9.17, 15) is 18.0 Å². The second kappa shape index (κ2) is 4.67. The molecule has 0 aromatic carbocycles. The molecule has 1 amide bonds. The van der Waals surface area contributed by atoms with Crippen LogP contribution in [0.1, 0.15) is 12.5 Å². The molecule has 0 aliphatic carbocycles. The van der Waals surface area contributed by atoms with Crippen molar-refractivity contribution in [3.63, 3.8) is 0 Å². The molecule has 2 heterocycles. The minimum absolute atomic E-state index is 0.0129. The molecule has 0 radical (unpaired) electrons. The second-order valence-electron chi connectivity index (χ2n) is 3.56. The van der Waals surface area contributed by atoms with Gasteiger partial charge in [0.05, 0.1) is 11.1 Å². The van der Waals surface area contributed by atoms with Crippen LogP contribution in [0.5, 0.6) is 0 Å². The van der Waals surface area contributed by atoms with Crippen LogP contribution >= 0.6 is 0 Å². The van der Waals surface area contributed by atoms with Gasteiger partial charge in [0.25, 0.3) is 11.8 Å². The molecule has 0 fully saturated rings. The second-order valence-corrected chi connectivity index (χ2v) is 3.56. The Hall–Kier alpha value is -2.45. The summed E-state index contributed by atoms with van der Waals surface area (Å²) in [6, 6.07) is 0.831. The number of hydrogen-bond donors (Lipinski definition) is 1. The maximum Gasteiger partial charge on any atom is 0.417 e. The van der Waals surface area contributed by atoms with Gasteiger partial charge in [-0.2, -0.15) is 18.2 Å². The molecule has 0 unspecified atom stereocenters. The fourth-order valence-electron chi connectivity index (χ4n) is 1.26. The summed E-state index contributed by atoms with van der Waals surface area (Å²) in [4.78, 5) is 17.9. The van der Waals surface area contributed by atoms with E-state index in [4.69, 9.17) is 4.52 Å². The van der Waals surface area contributed by atoms with Gasteiger partial charge in [-0.15, -0.1) is 0 Å². The normalized spacial score (nSPS) is 11.4. The Kier molecular flexibility index (Phi) is 3.19. The summed E-state index contributed by atoms with van der Waals surface area (Å²) in [7, 11) is 0. The standard InChI is InChI=1S/C10H7F3N4O2/c1-5(18)15-9-16-8(19-17-9)6-2-7(4-14-3-6)10(11,12)13/h2-4H,1H3,(H,15,17,18). The molecule has 0 aliphatic heterocycles. The van der Waals surface area contributed by atoms with Gasteiger partial charge in [0.15, 0.2) is 0 Å². The van der Waals surface area contributed by atoms with Crippen LogP contribution in [0.3, 0.4) is 0 Å². The SMILES string of the molecule is CC(=O)Nc1noc(-c2cncc(C(F)(F)F)c2)n1. The molecule has 0 saturated heterocycles.